The number of rotatable bonds is 7. The molecule has 2 fully saturated rings. The number of nitrogens with one attached hydrogen (secondary N) is 2. The zero-order valence-electron chi connectivity index (χ0n) is 15.2. The summed E-state index contributed by atoms with van der Waals surface area (Å²) in [6.45, 7) is 10.5. The molecule has 0 bridgehead atoms. The van der Waals surface area contributed by atoms with Crippen LogP contribution >= 0.6 is 0 Å². The van der Waals surface area contributed by atoms with Gasteiger partial charge in [0.2, 0.25) is 5.91 Å². The van der Waals surface area contributed by atoms with Crippen molar-refractivity contribution in [3.05, 3.63) is 0 Å². The molecule has 0 aromatic heterocycles. The Bertz CT molecular complexity index is 409. The zero-order valence-corrected chi connectivity index (χ0v) is 15.2. The smallest absolute Gasteiger partial charge is 0.244 e. The highest BCUT2D eigenvalue weighted by Crippen LogP contribution is 2.45. The highest BCUT2D eigenvalue weighted by molar-refractivity contribution is 5.85. The minimum atomic E-state index is 0.153. The molecule has 5 nitrogen and oxygen atoms in total. The van der Waals surface area contributed by atoms with E-state index >= 15 is 0 Å². The van der Waals surface area contributed by atoms with Gasteiger partial charge in [0.25, 0.3) is 0 Å². The lowest BCUT2D eigenvalue weighted by Gasteiger charge is -2.43. The van der Waals surface area contributed by atoms with Crippen LogP contribution in [-0.4, -0.2) is 49.5 Å². The van der Waals surface area contributed by atoms with Crippen molar-refractivity contribution in [3.8, 4) is 0 Å². The fourth-order valence-corrected chi connectivity index (χ4v) is 3.82. The number of nitrogens with zero attached hydrogens (tertiary/aromatic N) is 2. The Hall–Kier alpha value is -1.26. The van der Waals surface area contributed by atoms with Crippen LogP contribution < -0.4 is 10.6 Å². The quantitative estimate of drug-likeness (QED) is 0.559. The van der Waals surface area contributed by atoms with Crippen molar-refractivity contribution in [1.82, 2.24) is 15.5 Å². The number of amides is 1. The number of hydrogen-bond acceptors (Lipinski definition) is 2. The maximum absolute atomic E-state index is 12.1. The first kappa shape index (κ1) is 18.1. The van der Waals surface area contributed by atoms with E-state index in [1.807, 2.05) is 4.90 Å². The molecule has 0 radical (unpaired) electrons. The number of hydrogen-bond donors (Lipinski definition) is 2. The monoisotopic (exact) mass is 322 g/mol. The Morgan fingerprint density at radius 2 is 1.87 bits per heavy atom. The van der Waals surface area contributed by atoms with Crippen LogP contribution in [-0.2, 0) is 4.79 Å². The van der Waals surface area contributed by atoms with Gasteiger partial charge in [0, 0.05) is 26.2 Å². The second-order valence-electron chi connectivity index (χ2n) is 7.59. The maximum atomic E-state index is 12.1. The lowest BCUT2D eigenvalue weighted by molar-refractivity contribution is -0.128. The predicted molar refractivity (Wildman–Crippen MR) is 95.5 cm³/mol. The van der Waals surface area contributed by atoms with Gasteiger partial charge in [-0.3, -0.25) is 4.79 Å². The Kier molecular flexibility index (Phi) is 6.72. The van der Waals surface area contributed by atoms with E-state index in [0.29, 0.717) is 5.41 Å². The van der Waals surface area contributed by atoms with Gasteiger partial charge in [-0.25, -0.2) is 4.99 Å². The molecule has 1 saturated carbocycles. The number of carbonyl (C=O) groups excluding carboxylic acids is 1. The summed E-state index contributed by atoms with van der Waals surface area (Å²) in [5.74, 6) is 1.67. The summed E-state index contributed by atoms with van der Waals surface area (Å²) in [6, 6.07) is 0. The molecular formula is C18H34N4O. The predicted octanol–water partition coefficient (Wildman–Crippen LogP) is 2.38. The Labute approximate surface area is 141 Å². The second kappa shape index (κ2) is 8.55. The van der Waals surface area contributed by atoms with Crippen LogP contribution in [0.25, 0.3) is 0 Å². The van der Waals surface area contributed by atoms with Crippen molar-refractivity contribution < 1.29 is 4.79 Å². The third-order valence-corrected chi connectivity index (χ3v) is 5.06. The maximum Gasteiger partial charge on any atom is 0.244 e. The van der Waals surface area contributed by atoms with E-state index in [4.69, 9.17) is 0 Å². The molecule has 0 aromatic carbocycles. The Morgan fingerprint density at radius 1 is 1.17 bits per heavy atom. The molecule has 0 atom stereocenters. The average Bonchev–Trinajstić information content (AvgIpc) is 3.00. The lowest BCUT2D eigenvalue weighted by atomic mass is 9.64. The van der Waals surface area contributed by atoms with Gasteiger partial charge >= 0.3 is 0 Å². The van der Waals surface area contributed by atoms with Gasteiger partial charge in [-0.1, -0.05) is 20.3 Å². The minimum Gasteiger partial charge on any atom is -0.357 e. The first-order valence-electron chi connectivity index (χ1n) is 9.34. The van der Waals surface area contributed by atoms with Gasteiger partial charge in [0.15, 0.2) is 5.96 Å². The van der Waals surface area contributed by atoms with E-state index in [0.717, 1.165) is 50.9 Å². The average molecular weight is 322 g/mol. The van der Waals surface area contributed by atoms with E-state index in [9.17, 15) is 4.79 Å². The fourth-order valence-electron chi connectivity index (χ4n) is 3.82. The third-order valence-electron chi connectivity index (χ3n) is 5.06. The standard InChI is InChI=1S/C18H34N4O/c1-4-19-17(20-13-16(23)22-10-5-6-11-22)21-14-18(8-7-9-18)12-15(2)3/h15H,4-14H2,1-3H3,(H2,19,20,21). The topological polar surface area (TPSA) is 56.7 Å². The van der Waals surface area contributed by atoms with Crippen molar-refractivity contribution in [2.24, 2.45) is 16.3 Å². The van der Waals surface area contributed by atoms with Crippen LogP contribution in [0.3, 0.4) is 0 Å². The highest BCUT2D eigenvalue weighted by Gasteiger charge is 2.37. The SMILES string of the molecule is CCNC(=NCC(=O)N1CCCC1)NCC1(CC(C)C)CCC1. The van der Waals surface area contributed by atoms with Crippen molar-refractivity contribution in [1.29, 1.82) is 0 Å². The zero-order chi connectivity index (χ0) is 16.7. The highest BCUT2D eigenvalue weighted by atomic mass is 16.2. The van der Waals surface area contributed by atoms with E-state index in [-0.39, 0.29) is 12.5 Å². The summed E-state index contributed by atoms with van der Waals surface area (Å²) in [5, 5.41) is 6.75. The van der Waals surface area contributed by atoms with E-state index < -0.39 is 0 Å². The first-order valence-corrected chi connectivity index (χ1v) is 9.34. The van der Waals surface area contributed by atoms with Gasteiger partial charge < -0.3 is 15.5 Å². The lowest BCUT2D eigenvalue weighted by Crippen LogP contribution is -2.47. The van der Waals surface area contributed by atoms with Crippen molar-refractivity contribution in [2.75, 3.05) is 32.7 Å². The fraction of sp³-hybridized carbons (Fsp3) is 0.889. The van der Waals surface area contributed by atoms with Gasteiger partial charge in [-0.15, -0.1) is 0 Å². The summed E-state index contributed by atoms with van der Waals surface area (Å²) >= 11 is 0. The van der Waals surface area contributed by atoms with E-state index in [1.54, 1.807) is 0 Å². The molecule has 0 unspecified atom stereocenters. The van der Waals surface area contributed by atoms with Gasteiger partial charge in [-0.05, 0) is 50.4 Å². The largest absolute Gasteiger partial charge is 0.357 e. The number of carbonyl (C=O) groups is 1. The summed E-state index contributed by atoms with van der Waals surface area (Å²) in [6.07, 6.45) is 7.49. The third kappa shape index (κ3) is 5.40. The van der Waals surface area contributed by atoms with Crippen LogP contribution in [0.5, 0.6) is 0 Å². The molecule has 1 aliphatic carbocycles. The van der Waals surface area contributed by atoms with E-state index in [2.05, 4.69) is 36.4 Å². The molecule has 0 spiro atoms. The molecule has 2 N–H and O–H groups in total. The number of guanidine groups is 1. The molecule has 1 saturated heterocycles. The van der Waals surface area contributed by atoms with Crippen LogP contribution in [0.15, 0.2) is 4.99 Å². The van der Waals surface area contributed by atoms with E-state index in [1.165, 1.54) is 25.7 Å². The molecule has 5 heteroatoms. The number of likely N-dealkylation sites (tertiary alicyclic amines) is 1. The van der Waals surface area contributed by atoms with Crippen molar-refractivity contribution >= 4 is 11.9 Å². The molecular weight excluding hydrogens is 288 g/mol. The van der Waals surface area contributed by atoms with Gasteiger partial charge in [0.1, 0.15) is 6.54 Å². The second-order valence-corrected chi connectivity index (χ2v) is 7.59. The molecule has 0 aromatic rings. The molecule has 2 aliphatic rings. The summed E-state index contributed by atoms with van der Waals surface area (Å²) in [5.41, 5.74) is 0.434. The molecule has 1 heterocycles. The van der Waals surface area contributed by atoms with Crippen LogP contribution in [0.1, 0.15) is 59.3 Å². The van der Waals surface area contributed by atoms with Crippen LogP contribution in [0.4, 0.5) is 0 Å². The van der Waals surface area contributed by atoms with Gasteiger partial charge in [-0.2, -0.15) is 0 Å². The van der Waals surface area contributed by atoms with Crippen LogP contribution in [0.2, 0.25) is 0 Å². The van der Waals surface area contributed by atoms with Crippen molar-refractivity contribution in [3.63, 3.8) is 0 Å². The summed E-state index contributed by atoms with van der Waals surface area (Å²) < 4.78 is 0. The summed E-state index contributed by atoms with van der Waals surface area (Å²) in [7, 11) is 0. The summed E-state index contributed by atoms with van der Waals surface area (Å²) in [4.78, 5) is 18.6. The normalized spacial score (nSPS) is 20.5. The minimum absolute atomic E-state index is 0.153. The molecule has 1 aliphatic heterocycles. The van der Waals surface area contributed by atoms with Gasteiger partial charge in [0.05, 0.1) is 0 Å². The van der Waals surface area contributed by atoms with Crippen molar-refractivity contribution in [2.45, 2.75) is 59.3 Å². The Morgan fingerprint density at radius 3 is 2.39 bits per heavy atom. The Balaban J connectivity index is 1.84. The number of aliphatic imine (C=N–C) groups is 1. The molecule has 1 amide bonds. The molecule has 2 rings (SSSR count). The van der Waals surface area contributed by atoms with Crippen LogP contribution in [0, 0.1) is 11.3 Å². The first-order chi connectivity index (χ1) is 11.0. The molecule has 23 heavy (non-hydrogen) atoms. The molecule has 132 valence electrons.